The van der Waals surface area contributed by atoms with Crippen LogP contribution in [0, 0.1) is 0 Å². The van der Waals surface area contributed by atoms with Crippen molar-refractivity contribution in [3.63, 3.8) is 0 Å². The highest BCUT2D eigenvalue weighted by molar-refractivity contribution is 7.93. The van der Waals surface area contributed by atoms with E-state index in [2.05, 4.69) is 15.0 Å². The molecule has 1 aromatic carbocycles. The third-order valence-electron chi connectivity index (χ3n) is 4.98. The van der Waals surface area contributed by atoms with Gasteiger partial charge in [-0.1, -0.05) is 18.2 Å². The molecule has 1 aliphatic heterocycles. The fourth-order valence-electron chi connectivity index (χ4n) is 3.44. The van der Waals surface area contributed by atoms with Gasteiger partial charge < -0.3 is 25.4 Å². The fourth-order valence-corrected chi connectivity index (χ4v) is 6.39. The Labute approximate surface area is 177 Å². The number of rotatable bonds is 6. The summed E-state index contributed by atoms with van der Waals surface area (Å²) in [6.45, 7) is 0. The van der Waals surface area contributed by atoms with Gasteiger partial charge in [-0.2, -0.15) is 0 Å². The first-order valence-corrected chi connectivity index (χ1v) is 12.0. The van der Waals surface area contributed by atoms with Crippen LogP contribution >= 0.6 is 7.60 Å². The first-order valence-electron chi connectivity index (χ1n) is 9.10. The van der Waals surface area contributed by atoms with Crippen LogP contribution in [0.4, 0.5) is 10.2 Å². The van der Waals surface area contributed by atoms with Crippen LogP contribution in [0.15, 0.2) is 47.9 Å². The Balaban J connectivity index is 1.61. The zero-order valence-corrected chi connectivity index (χ0v) is 17.5. The summed E-state index contributed by atoms with van der Waals surface area (Å²) in [5.74, 6) is 0.0874. The van der Waals surface area contributed by atoms with Gasteiger partial charge in [0.05, 0.1) is 23.2 Å². The molecule has 14 heteroatoms. The molecule has 2 aromatic heterocycles. The molecule has 0 aliphatic carbocycles. The molecule has 1 aliphatic rings. The number of imidazole rings is 1. The minimum Gasteiger partial charge on any atom is -0.385 e. The molecule has 0 saturated carbocycles. The first-order chi connectivity index (χ1) is 14.7. The maximum atomic E-state index is 14.9. The third kappa shape index (κ3) is 4.12. The van der Waals surface area contributed by atoms with Crippen LogP contribution in [0.1, 0.15) is 12.6 Å². The van der Waals surface area contributed by atoms with Gasteiger partial charge >= 0.3 is 7.60 Å². The zero-order chi connectivity index (χ0) is 22.3. The Hall–Kier alpha value is -2.28. The molecule has 0 bridgehead atoms. The molecule has 3 heterocycles. The topological polar surface area (TPSA) is 174 Å². The number of hydrogen-bond donors (Lipinski definition) is 4. The lowest BCUT2D eigenvalue weighted by Crippen LogP contribution is -2.31. The van der Waals surface area contributed by atoms with E-state index in [1.165, 1.54) is 29.4 Å². The molecular weight excluding hydrogens is 452 g/mol. The number of halogens is 1. The molecule has 4 rings (SSSR count). The lowest BCUT2D eigenvalue weighted by Gasteiger charge is -2.22. The van der Waals surface area contributed by atoms with Gasteiger partial charge in [0.25, 0.3) is 0 Å². The SMILES string of the molecule is Nc1ncnc2c1ncn2C1OC(CC(S(=O)c2ccccc2)P(=O)(O)O)C(F)C1O. The molecule has 0 spiro atoms. The Morgan fingerprint density at radius 2 is 1.97 bits per heavy atom. The van der Waals surface area contributed by atoms with Crippen molar-refractivity contribution in [2.45, 2.75) is 40.9 Å². The first kappa shape index (κ1) is 21.9. The minimum absolute atomic E-state index is 0.0874. The number of aliphatic hydroxyl groups is 1. The summed E-state index contributed by atoms with van der Waals surface area (Å²) in [7, 11) is -7.04. The summed E-state index contributed by atoms with van der Waals surface area (Å²) in [5.41, 5.74) is 6.16. The Bertz CT molecular complexity index is 1160. The van der Waals surface area contributed by atoms with Crippen molar-refractivity contribution in [3.8, 4) is 0 Å². The number of nitrogens with two attached hydrogens (primary N) is 1. The highest BCUT2D eigenvalue weighted by atomic mass is 32.2. The van der Waals surface area contributed by atoms with Gasteiger partial charge in [-0.3, -0.25) is 13.3 Å². The van der Waals surface area contributed by atoms with Gasteiger partial charge in [-0.05, 0) is 12.1 Å². The average molecular weight is 471 g/mol. The van der Waals surface area contributed by atoms with Crippen molar-refractivity contribution in [1.29, 1.82) is 0 Å². The number of benzene rings is 1. The summed E-state index contributed by atoms with van der Waals surface area (Å²) < 4.78 is 46.7. The van der Waals surface area contributed by atoms with E-state index in [-0.39, 0.29) is 21.9 Å². The van der Waals surface area contributed by atoms with Crippen LogP contribution in [0.5, 0.6) is 0 Å². The highest BCUT2D eigenvalue weighted by Gasteiger charge is 2.49. The number of anilines is 1. The monoisotopic (exact) mass is 471 g/mol. The second-order valence-corrected chi connectivity index (χ2v) is 10.8. The van der Waals surface area contributed by atoms with Crippen LogP contribution in [0.2, 0.25) is 0 Å². The van der Waals surface area contributed by atoms with Crippen molar-refractivity contribution >= 4 is 35.4 Å². The van der Waals surface area contributed by atoms with Crippen molar-refractivity contribution < 1.29 is 32.8 Å². The molecule has 11 nitrogen and oxygen atoms in total. The Morgan fingerprint density at radius 1 is 1.26 bits per heavy atom. The molecule has 1 fully saturated rings. The van der Waals surface area contributed by atoms with Gasteiger partial charge in [0.15, 0.2) is 23.9 Å². The smallest absolute Gasteiger partial charge is 0.341 e. The van der Waals surface area contributed by atoms with Crippen LogP contribution < -0.4 is 5.73 Å². The van der Waals surface area contributed by atoms with E-state index in [1.54, 1.807) is 18.2 Å². The van der Waals surface area contributed by atoms with Crippen molar-refractivity contribution in [2.75, 3.05) is 5.73 Å². The summed E-state index contributed by atoms with van der Waals surface area (Å²) in [5, 5.41) is 10.4. The summed E-state index contributed by atoms with van der Waals surface area (Å²) in [4.78, 5) is 29.9. The van der Waals surface area contributed by atoms with E-state index in [4.69, 9.17) is 10.5 Å². The van der Waals surface area contributed by atoms with Crippen LogP contribution in [0.25, 0.3) is 11.2 Å². The van der Waals surface area contributed by atoms with Gasteiger partial charge in [-0.15, -0.1) is 0 Å². The molecule has 31 heavy (non-hydrogen) atoms. The van der Waals surface area contributed by atoms with Gasteiger partial charge in [-0.25, -0.2) is 19.3 Å². The van der Waals surface area contributed by atoms with E-state index >= 15 is 0 Å². The lowest BCUT2D eigenvalue weighted by molar-refractivity contribution is -0.0361. The molecule has 0 radical (unpaired) electrons. The zero-order valence-electron chi connectivity index (χ0n) is 15.8. The number of fused-ring (bicyclic) bond motifs is 1. The number of aromatic nitrogens is 4. The fraction of sp³-hybridized carbons (Fsp3) is 0.353. The van der Waals surface area contributed by atoms with Crippen molar-refractivity contribution in [3.05, 3.63) is 43.0 Å². The van der Waals surface area contributed by atoms with Crippen LogP contribution in [-0.4, -0.2) is 62.0 Å². The van der Waals surface area contributed by atoms with E-state index in [0.717, 1.165) is 0 Å². The van der Waals surface area contributed by atoms with Crippen LogP contribution in [-0.2, 0) is 20.1 Å². The molecule has 166 valence electrons. The minimum atomic E-state index is -4.91. The van der Waals surface area contributed by atoms with Gasteiger partial charge in [0.2, 0.25) is 0 Å². The predicted molar refractivity (Wildman–Crippen MR) is 108 cm³/mol. The molecule has 3 aromatic rings. The van der Waals surface area contributed by atoms with Crippen molar-refractivity contribution in [2.24, 2.45) is 0 Å². The van der Waals surface area contributed by atoms with Gasteiger partial charge in [0, 0.05) is 11.3 Å². The number of ether oxygens (including phenoxy) is 1. The highest BCUT2D eigenvalue weighted by Crippen LogP contribution is 2.49. The summed E-state index contributed by atoms with van der Waals surface area (Å²) >= 11 is 0. The van der Waals surface area contributed by atoms with E-state index in [0.29, 0.717) is 0 Å². The lowest BCUT2D eigenvalue weighted by atomic mass is 10.1. The second kappa shape index (κ2) is 8.34. The van der Waals surface area contributed by atoms with Crippen LogP contribution in [0.3, 0.4) is 0 Å². The number of alkyl halides is 1. The maximum absolute atomic E-state index is 14.9. The van der Waals surface area contributed by atoms with Gasteiger partial charge in [0.1, 0.15) is 22.9 Å². The molecule has 0 amide bonds. The maximum Gasteiger partial charge on any atom is 0.341 e. The quantitative estimate of drug-likeness (QED) is 0.375. The van der Waals surface area contributed by atoms with E-state index in [9.17, 15) is 28.1 Å². The number of aliphatic hydroxyl groups excluding tert-OH is 1. The van der Waals surface area contributed by atoms with Crippen molar-refractivity contribution in [1.82, 2.24) is 19.5 Å². The molecule has 5 N–H and O–H groups in total. The van der Waals surface area contributed by atoms with E-state index in [1.807, 2.05) is 0 Å². The number of nitrogens with zero attached hydrogens (tertiary/aromatic N) is 4. The predicted octanol–water partition coefficient (Wildman–Crippen LogP) is 0.707. The Kier molecular flexibility index (Phi) is 5.90. The molecular formula is C17H19FN5O6PS. The normalized spacial score (nSPS) is 26.2. The standard InChI is InChI=1S/C17H19FN5O6PS/c18-12-10(6-11(30(25,26)27)31(28)9-4-2-1-3-5-9)29-17(14(12)24)23-8-22-13-15(19)20-7-21-16(13)23/h1-5,7-8,10-12,14,17,24H,6H2,(H2,19,20,21)(H2,25,26,27). The average Bonchev–Trinajstić information content (AvgIpc) is 3.28. The number of hydrogen-bond acceptors (Lipinski definition) is 8. The summed E-state index contributed by atoms with van der Waals surface area (Å²) in [6, 6.07) is 7.73. The molecule has 1 saturated heterocycles. The third-order valence-corrected chi connectivity index (χ3v) is 8.76. The second-order valence-electron chi connectivity index (χ2n) is 6.97. The Morgan fingerprint density at radius 3 is 2.65 bits per heavy atom. The van der Waals surface area contributed by atoms with E-state index < -0.39 is 54.4 Å². The largest absolute Gasteiger partial charge is 0.385 e. The number of nitrogen functional groups attached to an aromatic ring is 1. The molecule has 6 atom stereocenters. The molecule has 6 unspecified atom stereocenters. The summed E-state index contributed by atoms with van der Waals surface area (Å²) in [6.07, 6.45) is -4.53.